The Labute approximate surface area is 134 Å². The van der Waals surface area contributed by atoms with Gasteiger partial charge in [-0.25, -0.2) is 0 Å². The summed E-state index contributed by atoms with van der Waals surface area (Å²) >= 11 is 1.39. The Morgan fingerprint density at radius 1 is 1.27 bits per heavy atom. The van der Waals surface area contributed by atoms with Crippen LogP contribution in [0, 0.1) is 5.41 Å². The normalized spacial score (nSPS) is 19.7. The lowest BCUT2D eigenvalue weighted by Crippen LogP contribution is -2.53. The lowest BCUT2D eigenvalue weighted by Gasteiger charge is -2.33. The van der Waals surface area contributed by atoms with Crippen molar-refractivity contribution in [1.29, 1.82) is 0 Å². The average Bonchev–Trinajstić information content (AvgIpc) is 2.80. The van der Waals surface area contributed by atoms with Gasteiger partial charge in [-0.3, -0.25) is 4.79 Å². The molecule has 0 unspecified atom stereocenters. The highest BCUT2D eigenvalue weighted by Gasteiger charge is 2.72. The Kier molecular flexibility index (Phi) is 7.36. The molecule has 3 nitrogen and oxygen atoms in total. The largest absolute Gasteiger partial charge is 0.404 e. The first-order valence-corrected chi connectivity index (χ1v) is 7.52. The molecule has 0 aromatic carbocycles. The molecule has 1 heterocycles. The summed E-state index contributed by atoms with van der Waals surface area (Å²) in [7, 11) is 0. The number of hydrogen-bond donors (Lipinski definition) is 1. The van der Waals surface area contributed by atoms with Crippen LogP contribution in [0.2, 0.25) is 0 Å². The van der Waals surface area contributed by atoms with E-state index in [1.165, 1.54) is 11.8 Å². The highest BCUT2D eigenvalue weighted by atomic mass is 35.5. The lowest BCUT2D eigenvalue weighted by atomic mass is 9.85. The number of nitrogens with two attached hydrogens (primary N) is 1. The van der Waals surface area contributed by atoms with E-state index in [-0.39, 0.29) is 18.8 Å². The molecule has 132 valence electrons. The van der Waals surface area contributed by atoms with E-state index < -0.39 is 49.2 Å². The van der Waals surface area contributed by atoms with E-state index in [9.17, 15) is 31.1 Å². The predicted octanol–water partition coefficient (Wildman–Crippen LogP) is 2.83. The quantitative estimate of drug-likeness (QED) is 0.770. The minimum absolute atomic E-state index is 0. The molecular formula is C11H17ClF6N2OS. The Morgan fingerprint density at radius 2 is 1.77 bits per heavy atom. The number of nitrogens with zero attached hydrogens (tertiary/aromatic N) is 1. The Morgan fingerprint density at radius 3 is 2.14 bits per heavy atom. The lowest BCUT2D eigenvalue weighted by molar-refractivity contribution is -0.334. The van der Waals surface area contributed by atoms with Gasteiger partial charge < -0.3 is 10.6 Å². The summed E-state index contributed by atoms with van der Waals surface area (Å²) in [6.07, 6.45) is -10.1. The second kappa shape index (κ2) is 7.48. The van der Waals surface area contributed by atoms with Crippen molar-refractivity contribution in [1.82, 2.24) is 4.90 Å². The van der Waals surface area contributed by atoms with Crippen LogP contribution in [-0.2, 0) is 4.79 Å². The summed E-state index contributed by atoms with van der Waals surface area (Å²) in [5.41, 5.74) is 1.67. The van der Waals surface area contributed by atoms with Crippen LogP contribution in [0.1, 0.15) is 12.8 Å². The Balaban J connectivity index is 0.00000441. The minimum atomic E-state index is -5.45. The van der Waals surface area contributed by atoms with Gasteiger partial charge in [-0.2, -0.15) is 38.1 Å². The van der Waals surface area contributed by atoms with Crippen LogP contribution in [0.25, 0.3) is 0 Å². The topological polar surface area (TPSA) is 46.3 Å². The number of hydrogen-bond acceptors (Lipinski definition) is 3. The van der Waals surface area contributed by atoms with Crippen molar-refractivity contribution in [3.8, 4) is 0 Å². The van der Waals surface area contributed by atoms with Crippen molar-refractivity contribution in [2.75, 3.05) is 25.1 Å². The van der Waals surface area contributed by atoms with Crippen molar-refractivity contribution >= 4 is 30.1 Å². The molecule has 0 aliphatic carbocycles. The third kappa shape index (κ3) is 4.14. The molecule has 0 spiro atoms. The van der Waals surface area contributed by atoms with E-state index in [0.29, 0.717) is 10.7 Å². The van der Waals surface area contributed by atoms with E-state index in [4.69, 9.17) is 5.73 Å². The fourth-order valence-corrected chi connectivity index (χ4v) is 2.71. The summed E-state index contributed by atoms with van der Waals surface area (Å²) < 4.78 is 77.2. The summed E-state index contributed by atoms with van der Waals surface area (Å²) in [6.45, 7) is -2.00. The van der Waals surface area contributed by atoms with Gasteiger partial charge in [0.05, 0.1) is 6.04 Å². The van der Waals surface area contributed by atoms with Crippen LogP contribution in [0.5, 0.6) is 0 Å². The van der Waals surface area contributed by atoms with E-state index in [2.05, 4.69) is 0 Å². The molecule has 1 fully saturated rings. The molecule has 22 heavy (non-hydrogen) atoms. The molecule has 0 aromatic rings. The Hall–Kier alpha value is -0.350. The maximum atomic E-state index is 12.9. The van der Waals surface area contributed by atoms with Crippen molar-refractivity contribution in [2.45, 2.75) is 31.2 Å². The molecule has 1 amide bonds. The van der Waals surface area contributed by atoms with Gasteiger partial charge in [0.2, 0.25) is 5.91 Å². The molecule has 1 saturated heterocycles. The first-order valence-electron chi connectivity index (χ1n) is 6.13. The first kappa shape index (κ1) is 21.6. The van der Waals surface area contributed by atoms with Crippen molar-refractivity contribution in [3.63, 3.8) is 0 Å². The number of carbonyl (C=O) groups is 1. The number of amides is 1. The molecule has 0 radical (unpaired) electrons. The van der Waals surface area contributed by atoms with Crippen molar-refractivity contribution in [2.24, 2.45) is 11.1 Å². The molecule has 1 aliphatic rings. The number of thioether (sulfide) groups is 1. The number of halogens is 7. The van der Waals surface area contributed by atoms with Crippen LogP contribution in [0.15, 0.2) is 0 Å². The fourth-order valence-electron chi connectivity index (χ4n) is 2.22. The molecule has 0 saturated carbocycles. The zero-order valence-electron chi connectivity index (χ0n) is 11.6. The van der Waals surface area contributed by atoms with Crippen LogP contribution in [0.4, 0.5) is 26.3 Å². The number of rotatable bonds is 4. The van der Waals surface area contributed by atoms with Gasteiger partial charge in [0.15, 0.2) is 5.41 Å². The van der Waals surface area contributed by atoms with Crippen molar-refractivity contribution in [3.05, 3.63) is 0 Å². The summed E-state index contributed by atoms with van der Waals surface area (Å²) in [5.74, 6) is -0.357. The first-order chi connectivity index (χ1) is 9.46. The third-order valence-corrected chi connectivity index (χ3v) is 4.26. The van der Waals surface area contributed by atoms with E-state index in [1.807, 2.05) is 0 Å². The van der Waals surface area contributed by atoms with Gasteiger partial charge in [-0.05, 0) is 24.9 Å². The molecular weight excluding hydrogens is 358 g/mol. The summed E-state index contributed by atoms with van der Waals surface area (Å²) in [6, 6.07) is -1.07. The van der Waals surface area contributed by atoms with Gasteiger partial charge in [0, 0.05) is 13.1 Å². The maximum Gasteiger partial charge on any atom is 0.404 e. The van der Waals surface area contributed by atoms with Gasteiger partial charge in [0.25, 0.3) is 0 Å². The average molecular weight is 375 g/mol. The second-order valence-corrected chi connectivity index (χ2v) is 5.96. The molecule has 1 aliphatic heterocycles. The zero-order chi connectivity index (χ0) is 16.5. The summed E-state index contributed by atoms with van der Waals surface area (Å²) in [4.78, 5) is 12.4. The van der Waals surface area contributed by atoms with Gasteiger partial charge >= 0.3 is 12.4 Å². The van der Waals surface area contributed by atoms with Crippen LogP contribution < -0.4 is 5.73 Å². The number of carbonyl (C=O) groups excluding carboxylic acids is 1. The molecule has 0 aromatic heterocycles. The monoisotopic (exact) mass is 374 g/mol. The molecule has 1 atom stereocenters. The predicted molar refractivity (Wildman–Crippen MR) is 74.0 cm³/mol. The zero-order valence-corrected chi connectivity index (χ0v) is 13.3. The van der Waals surface area contributed by atoms with Crippen molar-refractivity contribution < 1.29 is 31.1 Å². The van der Waals surface area contributed by atoms with Gasteiger partial charge in [-0.1, -0.05) is 0 Å². The summed E-state index contributed by atoms with van der Waals surface area (Å²) in [5, 5.41) is 0. The maximum absolute atomic E-state index is 12.9. The smallest absolute Gasteiger partial charge is 0.340 e. The third-order valence-electron chi connectivity index (χ3n) is 3.62. The SMILES string of the molecule is CSCC[C@H](N)C(=O)N1CCC(C(F)(F)F)(C(F)(F)F)C1.Cl. The van der Waals surface area contributed by atoms with Crippen LogP contribution in [0.3, 0.4) is 0 Å². The molecule has 2 N–H and O–H groups in total. The molecule has 11 heteroatoms. The van der Waals surface area contributed by atoms with E-state index >= 15 is 0 Å². The Bertz CT molecular complexity index is 376. The van der Waals surface area contributed by atoms with Gasteiger partial charge in [0.1, 0.15) is 0 Å². The van der Waals surface area contributed by atoms with Crippen LogP contribution in [-0.4, -0.2) is 54.3 Å². The van der Waals surface area contributed by atoms with Crippen LogP contribution >= 0.6 is 24.2 Å². The molecule has 0 bridgehead atoms. The standard InChI is InChI=1S/C11H16F6N2OS.ClH/c1-21-5-2-7(18)8(20)19-4-3-9(6-19,10(12,13)14)11(15,16)17;/h7H,2-6,18H2,1H3;1H/t7-;/m0./s1. The van der Waals surface area contributed by atoms with Gasteiger partial charge in [-0.15, -0.1) is 12.4 Å². The highest BCUT2D eigenvalue weighted by molar-refractivity contribution is 7.98. The van der Waals surface area contributed by atoms with E-state index in [0.717, 1.165) is 0 Å². The number of likely N-dealkylation sites (tertiary alicyclic amines) is 1. The highest BCUT2D eigenvalue weighted by Crippen LogP contribution is 2.55. The molecule has 1 rings (SSSR count). The minimum Gasteiger partial charge on any atom is -0.340 e. The number of alkyl halides is 6. The second-order valence-electron chi connectivity index (χ2n) is 4.98. The van der Waals surface area contributed by atoms with E-state index in [1.54, 1.807) is 6.26 Å². The fraction of sp³-hybridized carbons (Fsp3) is 0.909.